The molecule has 5 aromatic carbocycles. The molecular weight excluding hydrogens is 725 g/mol. The summed E-state index contributed by atoms with van der Waals surface area (Å²) in [6, 6.07) is 44.9. The Bertz CT molecular complexity index is 2000. The Balaban J connectivity index is 0.000000200. The van der Waals surface area contributed by atoms with Crippen LogP contribution in [0.1, 0.15) is 38.8 Å². The molecule has 7 rings (SSSR count). The van der Waals surface area contributed by atoms with Gasteiger partial charge in [0.05, 0.1) is 0 Å². The maximum absolute atomic E-state index is 4.79. The van der Waals surface area contributed by atoms with Crippen LogP contribution in [0.3, 0.4) is 0 Å². The Hall–Kier alpha value is -4.17. The van der Waals surface area contributed by atoms with Gasteiger partial charge in [-0.1, -0.05) is 88.4 Å². The molecule has 7 aromatic rings. The molecule has 0 N–H and O–H groups in total. The van der Waals surface area contributed by atoms with Crippen LogP contribution in [0.2, 0.25) is 0 Å². The molecule has 0 aliphatic heterocycles. The summed E-state index contributed by atoms with van der Waals surface area (Å²) >= 11 is 0. The Morgan fingerprint density at radius 1 is 0.556 bits per heavy atom. The molecule has 0 saturated heterocycles. The number of pyridine rings is 2. The van der Waals surface area contributed by atoms with Crippen LogP contribution in [-0.4, -0.2) is 9.97 Å². The average Bonchev–Trinajstić information content (AvgIpc) is 3.04. The molecule has 0 bridgehead atoms. The van der Waals surface area contributed by atoms with Gasteiger partial charge >= 0.3 is 0 Å². The Morgan fingerprint density at radius 2 is 1.20 bits per heavy atom. The minimum absolute atomic E-state index is 0. The van der Waals surface area contributed by atoms with E-state index in [1.807, 2.05) is 54.9 Å². The van der Waals surface area contributed by atoms with Crippen molar-refractivity contribution in [3.8, 4) is 22.5 Å². The molecule has 0 saturated carbocycles. The standard InChI is InChI=1S/C27H28N.C15H10N.Ir/c1-18(2)13-20-15-21(14-19(3)4)17-23(16-20)27-26-10-9-22-7-5-6-8-24(22)25(26)11-12-28-27;1-2-7-13(8-3-1)15-14-9-5-4-6-12(14)10-11-16-15;/h5-12,15-16,18-19H,13-14H2,1-4H3;1-7,9-11H;/q2*-1;. The van der Waals surface area contributed by atoms with Crippen LogP contribution in [0.4, 0.5) is 0 Å². The molecular formula is C42H38IrN2-2. The fraction of sp³-hybridized carbons (Fsp3) is 0.190. The zero-order valence-corrected chi connectivity index (χ0v) is 28.7. The first-order chi connectivity index (χ1) is 21.5. The average molecular weight is 763 g/mol. The van der Waals surface area contributed by atoms with Crippen LogP contribution in [0.25, 0.3) is 54.8 Å². The van der Waals surface area contributed by atoms with Gasteiger partial charge in [-0.05, 0) is 80.5 Å². The number of rotatable bonds is 6. The van der Waals surface area contributed by atoms with Gasteiger partial charge in [-0.2, -0.15) is 0 Å². The molecule has 0 aliphatic rings. The summed E-state index contributed by atoms with van der Waals surface area (Å²) in [4.78, 5) is 9.24. The van der Waals surface area contributed by atoms with Crippen LogP contribution in [0.5, 0.6) is 0 Å². The van der Waals surface area contributed by atoms with E-state index >= 15 is 0 Å². The van der Waals surface area contributed by atoms with Crippen molar-refractivity contribution in [1.29, 1.82) is 0 Å². The molecule has 1 radical (unpaired) electrons. The van der Waals surface area contributed by atoms with E-state index in [4.69, 9.17) is 4.98 Å². The van der Waals surface area contributed by atoms with E-state index in [1.54, 1.807) is 0 Å². The molecule has 0 unspecified atom stereocenters. The largest absolute Gasteiger partial charge is 0.304 e. The van der Waals surface area contributed by atoms with Gasteiger partial charge in [-0.25, -0.2) is 0 Å². The zero-order chi connectivity index (χ0) is 30.5. The van der Waals surface area contributed by atoms with Crippen LogP contribution in [-0.2, 0) is 32.9 Å². The normalized spacial score (nSPS) is 11.1. The van der Waals surface area contributed by atoms with Gasteiger partial charge in [-0.3, -0.25) is 0 Å². The number of hydrogen-bond acceptors (Lipinski definition) is 2. The maximum Gasteiger partial charge on any atom is 0.0167 e. The van der Waals surface area contributed by atoms with E-state index in [0.29, 0.717) is 11.8 Å². The third kappa shape index (κ3) is 7.56. The minimum Gasteiger partial charge on any atom is -0.304 e. The summed E-state index contributed by atoms with van der Waals surface area (Å²) in [7, 11) is 0. The summed E-state index contributed by atoms with van der Waals surface area (Å²) < 4.78 is 0. The third-order valence-corrected chi connectivity index (χ3v) is 7.82. The number of fused-ring (bicyclic) bond motifs is 4. The molecule has 0 aliphatic carbocycles. The molecule has 2 nitrogen and oxygen atoms in total. The van der Waals surface area contributed by atoms with Crippen molar-refractivity contribution >= 4 is 32.3 Å². The van der Waals surface area contributed by atoms with Crippen molar-refractivity contribution in [2.24, 2.45) is 11.8 Å². The van der Waals surface area contributed by atoms with Crippen molar-refractivity contribution < 1.29 is 20.1 Å². The second-order valence-corrected chi connectivity index (χ2v) is 12.3. The number of aromatic nitrogens is 2. The first-order valence-electron chi connectivity index (χ1n) is 15.6. The number of benzene rings is 5. The molecule has 227 valence electrons. The summed E-state index contributed by atoms with van der Waals surface area (Å²) in [5, 5.41) is 7.40. The third-order valence-electron chi connectivity index (χ3n) is 7.82. The topological polar surface area (TPSA) is 25.8 Å². The summed E-state index contributed by atoms with van der Waals surface area (Å²) in [5.74, 6) is 1.24. The summed E-state index contributed by atoms with van der Waals surface area (Å²) in [6.45, 7) is 9.09. The number of hydrogen-bond donors (Lipinski definition) is 0. The van der Waals surface area contributed by atoms with Gasteiger partial charge in [0.25, 0.3) is 0 Å². The molecule has 2 aromatic heterocycles. The first-order valence-corrected chi connectivity index (χ1v) is 15.6. The molecule has 0 fully saturated rings. The first kappa shape index (κ1) is 32.2. The zero-order valence-electron chi connectivity index (χ0n) is 26.3. The van der Waals surface area contributed by atoms with Crippen molar-refractivity contribution in [3.05, 3.63) is 145 Å². The van der Waals surface area contributed by atoms with Crippen molar-refractivity contribution in [1.82, 2.24) is 9.97 Å². The van der Waals surface area contributed by atoms with E-state index in [0.717, 1.165) is 35.4 Å². The summed E-state index contributed by atoms with van der Waals surface area (Å²) in [5.41, 5.74) is 6.88. The molecule has 0 amide bonds. The SMILES string of the molecule is CC(C)Cc1[c-]c(-c2nccc3c2ccc2ccccc23)cc(CC(C)C)c1.[Ir].[c-]1ccccc1-c1nccc2ccccc12. The maximum atomic E-state index is 4.79. The molecule has 0 spiro atoms. The van der Waals surface area contributed by atoms with E-state index in [2.05, 4.69) is 112 Å². The van der Waals surface area contributed by atoms with Gasteiger partial charge in [-0.15, -0.1) is 70.8 Å². The van der Waals surface area contributed by atoms with Crippen LogP contribution >= 0.6 is 0 Å². The van der Waals surface area contributed by atoms with E-state index in [1.165, 1.54) is 43.4 Å². The second-order valence-electron chi connectivity index (χ2n) is 12.3. The summed E-state index contributed by atoms with van der Waals surface area (Å²) in [6.07, 6.45) is 5.92. The van der Waals surface area contributed by atoms with E-state index in [9.17, 15) is 0 Å². The predicted octanol–water partition coefficient (Wildman–Crippen LogP) is 11.0. The van der Waals surface area contributed by atoms with Gasteiger partial charge in [0.2, 0.25) is 0 Å². The molecule has 2 heterocycles. The molecule has 0 atom stereocenters. The van der Waals surface area contributed by atoms with Crippen LogP contribution < -0.4 is 0 Å². The fourth-order valence-corrected chi connectivity index (χ4v) is 5.99. The van der Waals surface area contributed by atoms with Gasteiger partial charge in [0, 0.05) is 32.5 Å². The second kappa shape index (κ2) is 14.7. The van der Waals surface area contributed by atoms with Crippen LogP contribution in [0.15, 0.2) is 122 Å². The van der Waals surface area contributed by atoms with E-state index in [-0.39, 0.29) is 20.1 Å². The number of nitrogens with zero attached hydrogens (tertiary/aromatic N) is 2. The van der Waals surface area contributed by atoms with Crippen molar-refractivity contribution in [2.45, 2.75) is 40.5 Å². The molecule has 45 heavy (non-hydrogen) atoms. The Labute approximate surface area is 280 Å². The predicted molar refractivity (Wildman–Crippen MR) is 187 cm³/mol. The van der Waals surface area contributed by atoms with Gasteiger partial charge < -0.3 is 9.97 Å². The minimum atomic E-state index is 0. The fourth-order valence-electron chi connectivity index (χ4n) is 5.99. The van der Waals surface area contributed by atoms with Crippen molar-refractivity contribution in [2.75, 3.05) is 0 Å². The van der Waals surface area contributed by atoms with E-state index < -0.39 is 0 Å². The smallest absolute Gasteiger partial charge is 0.0167 e. The van der Waals surface area contributed by atoms with Gasteiger partial charge in [0.1, 0.15) is 0 Å². The van der Waals surface area contributed by atoms with Crippen LogP contribution in [0, 0.1) is 24.0 Å². The Morgan fingerprint density at radius 3 is 1.91 bits per heavy atom. The van der Waals surface area contributed by atoms with Gasteiger partial charge in [0.15, 0.2) is 0 Å². The quantitative estimate of drug-likeness (QED) is 0.125. The van der Waals surface area contributed by atoms with Crippen molar-refractivity contribution in [3.63, 3.8) is 0 Å². The Kier molecular flexibility index (Phi) is 10.6. The monoisotopic (exact) mass is 763 g/mol. The molecule has 3 heteroatoms.